The van der Waals surface area contributed by atoms with E-state index in [9.17, 15) is 9.59 Å². The molecular weight excluding hydrogens is 176 g/mol. The molecule has 0 N–H and O–H groups in total. The van der Waals surface area contributed by atoms with E-state index >= 15 is 0 Å². The number of carbonyl (C=O) groups excluding carboxylic acids is 2. The minimum Gasteiger partial charge on any atom is -0.299 e. The van der Waals surface area contributed by atoms with Crippen LogP contribution in [0, 0.1) is 23.2 Å². The summed E-state index contributed by atoms with van der Waals surface area (Å²) in [4.78, 5) is 23.7. The van der Waals surface area contributed by atoms with Gasteiger partial charge in [0.2, 0.25) is 0 Å². The van der Waals surface area contributed by atoms with Crippen molar-refractivity contribution >= 4 is 11.6 Å². The Hall–Kier alpha value is -0.660. The minimum absolute atomic E-state index is 0.0928. The molecule has 2 aliphatic rings. The molecule has 0 amide bonds. The molecule has 0 heterocycles. The Morgan fingerprint density at radius 2 is 1.93 bits per heavy atom. The van der Waals surface area contributed by atoms with Crippen LogP contribution in [0.2, 0.25) is 0 Å². The number of fused-ring (bicyclic) bond motifs is 2. The van der Waals surface area contributed by atoms with Crippen molar-refractivity contribution in [3.63, 3.8) is 0 Å². The van der Waals surface area contributed by atoms with E-state index in [4.69, 9.17) is 0 Å². The van der Waals surface area contributed by atoms with Crippen LogP contribution in [0.15, 0.2) is 0 Å². The first-order chi connectivity index (χ1) is 6.39. The molecule has 2 heteroatoms. The first-order valence-electron chi connectivity index (χ1n) is 5.30. The Bertz CT molecular complexity index is 303. The van der Waals surface area contributed by atoms with E-state index in [2.05, 4.69) is 13.8 Å². The third-order valence-corrected chi connectivity index (χ3v) is 4.65. The molecule has 2 saturated carbocycles. The van der Waals surface area contributed by atoms with Crippen LogP contribution >= 0.6 is 0 Å². The number of rotatable bonds is 0. The van der Waals surface area contributed by atoms with Crippen molar-refractivity contribution in [2.24, 2.45) is 16.7 Å². The van der Waals surface area contributed by atoms with Gasteiger partial charge in [-0.15, -0.1) is 0 Å². The highest BCUT2D eigenvalue weighted by atomic mass is 16.1. The standard InChI is InChI=1S/C12H17O2/c1-11(2)8-6-7-12(11,3)10(14)5-4-9(8)13/h5,8H,4,6-7H2,1-3H3. The molecule has 2 nitrogen and oxygen atoms in total. The maximum atomic E-state index is 11.9. The molecule has 2 bridgehead atoms. The summed E-state index contributed by atoms with van der Waals surface area (Å²) in [6.07, 6.45) is 3.71. The molecule has 1 radical (unpaired) electrons. The fourth-order valence-electron chi connectivity index (χ4n) is 3.07. The third kappa shape index (κ3) is 0.971. The summed E-state index contributed by atoms with van der Waals surface area (Å²) in [6.45, 7) is 6.16. The highest BCUT2D eigenvalue weighted by molar-refractivity contribution is 6.01. The molecule has 2 rings (SSSR count). The Kier molecular flexibility index (Phi) is 1.89. The van der Waals surface area contributed by atoms with Gasteiger partial charge in [0.05, 0.1) is 0 Å². The van der Waals surface area contributed by atoms with Crippen LogP contribution in [-0.2, 0) is 9.59 Å². The molecule has 2 fully saturated rings. The van der Waals surface area contributed by atoms with Crippen molar-refractivity contribution in [1.82, 2.24) is 0 Å². The SMILES string of the molecule is CC12CCC(C(=O)C[CH]C1=O)C2(C)C. The molecule has 77 valence electrons. The summed E-state index contributed by atoms with van der Waals surface area (Å²) in [6, 6.07) is 0. The average molecular weight is 193 g/mol. The molecule has 0 spiro atoms. The van der Waals surface area contributed by atoms with E-state index in [0.29, 0.717) is 6.42 Å². The molecule has 0 aromatic rings. The molecule has 0 aromatic carbocycles. The van der Waals surface area contributed by atoms with Gasteiger partial charge in [-0.2, -0.15) is 0 Å². The second-order valence-corrected chi connectivity index (χ2v) is 5.38. The molecule has 2 atom stereocenters. The van der Waals surface area contributed by atoms with E-state index in [1.165, 1.54) is 0 Å². The van der Waals surface area contributed by atoms with Crippen LogP contribution in [0.1, 0.15) is 40.0 Å². The lowest BCUT2D eigenvalue weighted by atomic mass is 9.64. The topological polar surface area (TPSA) is 34.1 Å². The summed E-state index contributed by atoms with van der Waals surface area (Å²) in [5.41, 5.74) is -0.460. The van der Waals surface area contributed by atoms with Crippen molar-refractivity contribution < 1.29 is 9.59 Å². The molecule has 0 aliphatic heterocycles. The van der Waals surface area contributed by atoms with Gasteiger partial charge in [-0.05, 0) is 18.3 Å². The van der Waals surface area contributed by atoms with Crippen LogP contribution in [0.3, 0.4) is 0 Å². The lowest BCUT2D eigenvalue weighted by molar-refractivity contribution is -0.130. The summed E-state index contributed by atoms with van der Waals surface area (Å²) in [7, 11) is 0. The smallest absolute Gasteiger partial charge is 0.143 e. The van der Waals surface area contributed by atoms with Crippen LogP contribution in [-0.4, -0.2) is 11.6 Å². The Labute approximate surface area is 85.1 Å². The van der Waals surface area contributed by atoms with Crippen molar-refractivity contribution in [1.29, 1.82) is 0 Å². The van der Waals surface area contributed by atoms with E-state index < -0.39 is 0 Å². The third-order valence-electron chi connectivity index (χ3n) is 4.65. The van der Waals surface area contributed by atoms with E-state index in [1.54, 1.807) is 6.42 Å². The van der Waals surface area contributed by atoms with Gasteiger partial charge in [0.15, 0.2) is 0 Å². The predicted octanol–water partition coefficient (Wildman–Crippen LogP) is 2.18. The maximum Gasteiger partial charge on any atom is 0.143 e. The largest absolute Gasteiger partial charge is 0.299 e. The quantitative estimate of drug-likeness (QED) is 0.591. The van der Waals surface area contributed by atoms with Crippen molar-refractivity contribution in [3.8, 4) is 0 Å². The van der Waals surface area contributed by atoms with Crippen molar-refractivity contribution in [3.05, 3.63) is 6.42 Å². The molecule has 0 aromatic heterocycles. The highest BCUT2D eigenvalue weighted by Crippen LogP contribution is 2.58. The fourth-order valence-corrected chi connectivity index (χ4v) is 3.07. The van der Waals surface area contributed by atoms with Crippen molar-refractivity contribution in [2.45, 2.75) is 40.0 Å². The van der Waals surface area contributed by atoms with Gasteiger partial charge in [-0.3, -0.25) is 9.59 Å². The van der Waals surface area contributed by atoms with Crippen LogP contribution in [0.5, 0.6) is 0 Å². The lowest BCUT2D eigenvalue weighted by Crippen LogP contribution is -2.40. The van der Waals surface area contributed by atoms with Gasteiger partial charge in [0.1, 0.15) is 11.6 Å². The van der Waals surface area contributed by atoms with Crippen molar-refractivity contribution in [2.75, 3.05) is 0 Å². The zero-order chi connectivity index (χ0) is 10.6. The average Bonchev–Trinajstić information content (AvgIpc) is 2.31. The van der Waals surface area contributed by atoms with E-state index in [0.717, 1.165) is 12.8 Å². The van der Waals surface area contributed by atoms with Crippen LogP contribution in [0.4, 0.5) is 0 Å². The number of hydrogen-bond donors (Lipinski definition) is 0. The fraction of sp³-hybridized carbons (Fsp3) is 0.750. The monoisotopic (exact) mass is 193 g/mol. The summed E-state index contributed by atoms with van der Waals surface area (Å²) in [5, 5.41) is 0. The van der Waals surface area contributed by atoms with E-state index in [1.807, 2.05) is 6.92 Å². The normalized spacial score (nSPS) is 41.2. The summed E-state index contributed by atoms with van der Waals surface area (Å²) in [5.74, 6) is 0.524. The lowest BCUT2D eigenvalue weighted by Gasteiger charge is -2.38. The van der Waals surface area contributed by atoms with Gasteiger partial charge in [-0.1, -0.05) is 20.8 Å². The second kappa shape index (κ2) is 2.68. The number of carbonyl (C=O) groups is 2. The van der Waals surface area contributed by atoms with Gasteiger partial charge >= 0.3 is 0 Å². The zero-order valence-corrected chi connectivity index (χ0v) is 9.09. The predicted molar refractivity (Wildman–Crippen MR) is 53.5 cm³/mol. The van der Waals surface area contributed by atoms with E-state index in [-0.39, 0.29) is 28.3 Å². The van der Waals surface area contributed by atoms with Gasteiger partial charge in [0, 0.05) is 24.2 Å². The van der Waals surface area contributed by atoms with Gasteiger partial charge < -0.3 is 0 Å². The molecule has 2 unspecified atom stereocenters. The summed E-state index contributed by atoms with van der Waals surface area (Å²) >= 11 is 0. The van der Waals surface area contributed by atoms with Gasteiger partial charge in [0.25, 0.3) is 0 Å². The summed E-state index contributed by atoms with van der Waals surface area (Å²) < 4.78 is 0. The first-order valence-corrected chi connectivity index (χ1v) is 5.30. The number of ketones is 2. The molecular formula is C12H17O2. The molecule has 2 aliphatic carbocycles. The minimum atomic E-state index is -0.302. The first kappa shape index (κ1) is 9.88. The maximum absolute atomic E-state index is 11.9. The Balaban J connectivity index is 2.50. The molecule has 14 heavy (non-hydrogen) atoms. The Morgan fingerprint density at radius 3 is 2.57 bits per heavy atom. The van der Waals surface area contributed by atoms with Gasteiger partial charge in [-0.25, -0.2) is 0 Å². The second-order valence-electron chi connectivity index (χ2n) is 5.38. The zero-order valence-electron chi connectivity index (χ0n) is 9.09. The molecule has 0 saturated heterocycles. The Morgan fingerprint density at radius 1 is 1.29 bits per heavy atom. The number of hydrogen-bond acceptors (Lipinski definition) is 2. The highest BCUT2D eigenvalue weighted by Gasteiger charge is 2.58. The van der Waals surface area contributed by atoms with Crippen LogP contribution < -0.4 is 0 Å². The number of Topliss-reactive ketones (excluding diaryl/α,β-unsaturated/α-hetero) is 2. The van der Waals surface area contributed by atoms with Crippen LogP contribution in [0.25, 0.3) is 0 Å².